The topological polar surface area (TPSA) is 39.4 Å². The molecule has 0 spiro atoms. The van der Waals surface area contributed by atoms with E-state index in [0.717, 1.165) is 22.1 Å². The fourth-order valence-corrected chi connectivity index (χ4v) is 2.53. The molecule has 1 aromatic heterocycles. The van der Waals surface area contributed by atoms with Crippen molar-refractivity contribution in [2.24, 2.45) is 0 Å². The molecule has 0 aliphatic rings. The third kappa shape index (κ3) is 2.31. The highest BCUT2D eigenvalue weighted by Gasteiger charge is 2.11. The van der Waals surface area contributed by atoms with Gasteiger partial charge >= 0.3 is 5.63 Å². The Hall–Kier alpha value is -2.55. The standard InChI is InChI=1S/C18H16O3/c1-11-6-4-5-7-14(11)17-9-13-8-12(2)16(20-3)10-15(13)18(19)21-17/h4-10H,1-3H3. The van der Waals surface area contributed by atoms with Gasteiger partial charge in [0.1, 0.15) is 11.5 Å². The summed E-state index contributed by atoms with van der Waals surface area (Å²) in [6, 6.07) is 13.4. The van der Waals surface area contributed by atoms with Gasteiger partial charge in [0.15, 0.2) is 0 Å². The fraction of sp³-hybridized carbons (Fsp3) is 0.167. The molecule has 0 radical (unpaired) electrons. The zero-order valence-corrected chi connectivity index (χ0v) is 12.3. The van der Waals surface area contributed by atoms with Gasteiger partial charge in [0.25, 0.3) is 0 Å². The summed E-state index contributed by atoms with van der Waals surface area (Å²) in [5.74, 6) is 1.29. The van der Waals surface area contributed by atoms with Crippen LogP contribution in [-0.4, -0.2) is 7.11 Å². The van der Waals surface area contributed by atoms with Gasteiger partial charge in [-0.2, -0.15) is 0 Å². The molecule has 0 unspecified atom stereocenters. The minimum Gasteiger partial charge on any atom is -0.496 e. The molecule has 0 bridgehead atoms. The van der Waals surface area contributed by atoms with Gasteiger partial charge < -0.3 is 9.15 Å². The summed E-state index contributed by atoms with van der Waals surface area (Å²) in [6.45, 7) is 3.96. The number of methoxy groups -OCH3 is 1. The lowest BCUT2D eigenvalue weighted by atomic mass is 10.0. The number of benzene rings is 2. The second-order valence-corrected chi connectivity index (χ2v) is 5.12. The SMILES string of the molecule is COc1cc2c(=O)oc(-c3ccccc3C)cc2cc1C. The van der Waals surface area contributed by atoms with E-state index < -0.39 is 0 Å². The molecule has 3 heteroatoms. The van der Waals surface area contributed by atoms with Crippen molar-refractivity contribution in [3.63, 3.8) is 0 Å². The number of rotatable bonds is 2. The van der Waals surface area contributed by atoms with Crippen molar-refractivity contribution in [3.8, 4) is 17.1 Å². The Morgan fingerprint density at radius 2 is 1.76 bits per heavy atom. The molecule has 0 aliphatic heterocycles. The minimum absolute atomic E-state index is 0.343. The maximum atomic E-state index is 12.2. The summed E-state index contributed by atoms with van der Waals surface area (Å²) >= 11 is 0. The van der Waals surface area contributed by atoms with Crippen LogP contribution in [0, 0.1) is 13.8 Å². The lowest BCUT2D eigenvalue weighted by molar-refractivity contribution is 0.412. The van der Waals surface area contributed by atoms with Gasteiger partial charge in [0.2, 0.25) is 0 Å². The summed E-state index contributed by atoms with van der Waals surface area (Å²) in [5, 5.41) is 1.40. The van der Waals surface area contributed by atoms with Crippen molar-refractivity contribution in [1.82, 2.24) is 0 Å². The highest BCUT2D eigenvalue weighted by atomic mass is 16.5. The van der Waals surface area contributed by atoms with Gasteiger partial charge in [0.05, 0.1) is 12.5 Å². The molecule has 3 aromatic rings. The Balaban J connectivity index is 2.29. The highest BCUT2D eigenvalue weighted by Crippen LogP contribution is 2.28. The highest BCUT2D eigenvalue weighted by molar-refractivity contribution is 5.86. The first-order valence-corrected chi connectivity index (χ1v) is 6.78. The Morgan fingerprint density at radius 3 is 2.48 bits per heavy atom. The van der Waals surface area contributed by atoms with Gasteiger partial charge in [-0.3, -0.25) is 0 Å². The maximum Gasteiger partial charge on any atom is 0.344 e. The second-order valence-electron chi connectivity index (χ2n) is 5.12. The summed E-state index contributed by atoms with van der Waals surface area (Å²) in [6.07, 6.45) is 0. The molecule has 2 aromatic carbocycles. The van der Waals surface area contributed by atoms with E-state index in [1.165, 1.54) is 0 Å². The average molecular weight is 280 g/mol. The van der Waals surface area contributed by atoms with Crippen LogP contribution in [0.3, 0.4) is 0 Å². The monoisotopic (exact) mass is 280 g/mol. The van der Waals surface area contributed by atoms with Crippen LogP contribution < -0.4 is 10.4 Å². The molecule has 1 heterocycles. The van der Waals surface area contributed by atoms with Crippen LogP contribution in [0.5, 0.6) is 5.75 Å². The van der Waals surface area contributed by atoms with Gasteiger partial charge in [-0.25, -0.2) is 4.79 Å². The number of ether oxygens (including phenoxy) is 1. The molecule has 0 saturated carbocycles. The number of hydrogen-bond donors (Lipinski definition) is 0. The van der Waals surface area contributed by atoms with Gasteiger partial charge in [-0.1, -0.05) is 24.3 Å². The van der Waals surface area contributed by atoms with E-state index in [-0.39, 0.29) is 5.63 Å². The van der Waals surface area contributed by atoms with E-state index in [4.69, 9.17) is 9.15 Å². The van der Waals surface area contributed by atoms with Crippen LogP contribution >= 0.6 is 0 Å². The molecular weight excluding hydrogens is 264 g/mol. The first kappa shape index (κ1) is 13.4. The summed E-state index contributed by atoms with van der Waals surface area (Å²) in [4.78, 5) is 12.2. The number of fused-ring (bicyclic) bond motifs is 1. The molecule has 0 atom stereocenters. The molecule has 0 saturated heterocycles. The van der Waals surface area contributed by atoms with E-state index in [9.17, 15) is 4.79 Å². The molecule has 0 amide bonds. The minimum atomic E-state index is -0.343. The van der Waals surface area contributed by atoms with Crippen molar-refractivity contribution in [1.29, 1.82) is 0 Å². The van der Waals surface area contributed by atoms with Gasteiger partial charge in [-0.05, 0) is 48.6 Å². The fourth-order valence-electron chi connectivity index (χ4n) is 2.53. The van der Waals surface area contributed by atoms with E-state index in [0.29, 0.717) is 16.9 Å². The van der Waals surface area contributed by atoms with E-state index in [1.54, 1.807) is 13.2 Å². The second kappa shape index (κ2) is 5.09. The lowest BCUT2D eigenvalue weighted by Crippen LogP contribution is -2.02. The van der Waals surface area contributed by atoms with Crippen molar-refractivity contribution in [2.45, 2.75) is 13.8 Å². The first-order chi connectivity index (χ1) is 10.1. The smallest absolute Gasteiger partial charge is 0.344 e. The zero-order chi connectivity index (χ0) is 15.0. The summed E-state index contributed by atoms with van der Waals surface area (Å²) in [5.41, 5.74) is 2.66. The summed E-state index contributed by atoms with van der Waals surface area (Å²) < 4.78 is 10.7. The number of aryl methyl sites for hydroxylation is 2. The third-order valence-corrected chi connectivity index (χ3v) is 3.69. The molecule has 21 heavy (non-hydrogen) atoms. The number of hydrogen-bond acceptors (Lipinski definition) is 3. The van der Waals surface area contributed by atoms with Crippen LogP contribution in [0.1, 0.15) is 11.1 Å². The van der Waals surface area contributed by atoms with Crippen LogP contribution in [0.2, 0.25) is 0 Å². The third-order valence-electron chi connectivity index (χ3n) is 3.69. The molecule has 0 N–H and O–H groups in total. The quantitative estimate of drug-likeness (QED) is 0.710. The molecule has 0 fully saturated rings. The normalized spacial score (nSPS) is 10.8. The van der Waals surface area contributed by atoms with Gasteiger partial charge in [-0.15, -0.1) is 0 Å². The lowest BCUT2D eigenvalue weighted by Gasteiger charge is -2.08. The van der Waals surface area contributed by atoms with Crippen LogP contribution in [0.4, 0.5) is 0 Å². The van der Waals surface area contributed by atoms with Crippen LogP contribution in [0.15, 0.2) is 51.7 Å². The Morgan fingerprint density at radius 1 is 1.00 bits per heavy atom. The van der Waals surface area contributed by atoms with Crippen molar-refractivity contribution in [3.05, 3.63) is 64.0 Å². The largest absolute Gasteiger partial charge is 0.496 e. The van der Waals surface area contributed by atoms with E-state index >= 15 is 0 Å². The first-order valence-electron chi connectivity index (χ1n) is 6.78. The Bertz CT molecular complexity index is 875. The summed E-state index contributed by atoms with van der Waals surface area (Å²) in [7, 11) is 1.59. The molecular formula is C18H16O3. The van der Waals surface area contributed by atoms with Crippen LogP contribution in [0.25, 0.3) is 22.1 Å². The predicted octanol–water partition coefficient (Wildman–Crippen LogP) is 4.09. The molecule has 106 valence electrons. The van der Waals surface area contributed by atoms with Crippen molar-refractivity contribution in [2.75, 3.05) is 7.11 Å². The van der Waals surface area contributed by atoms with Crippen molar-refractivity contribution >= 4 is 10.8 Å². The Kier molecular flexibility index (Phi) is 3.26. The predicted molar refractivity (Wildman–Crippen MR) is 83.9 cm³/mol. The molecule has 0 aliphatic carbocycles. The Labute approximate surface area is 122 Å². The van der Waals surface area contributed by atoms with Gasteiger partial charge in [0, 0.05) is 5.56 Å². The maximum absolute atomic E-state index is 12.2. The average Bonchev–Trinajstić information content (AvgIpc) is 2.47. The molecule has 3 nitrogen and oxygen atoms in total. The van der Waals surface area contributed by atoms with E-state index in [1.807, 2.05) is 50.2 Å². The van der Waals surface area contributed by atoms with E-state index in [2.05, 4.69) is 0 Å². The zero-order valence-electron chi connectivity index (χ0n) is 12.3. The van der Waals surface area contributed by atoms with Crippen LogP contribution in [-0.2, 0) is 0 Å². The van der Waals surface area contributed by atoms with Crippen molar-refractivity contribution < 1.29 is 9.15 Å². The molecule has 3 rings (SSSR count).